The largest absolute Gasteiger partial charge is 0.417 e. The van der Waals surface area contributed by atoms with Crippen molar-refractivity contribution >= 4 is 43.6 Å². The molecule has 15 atom stereocenters. The van der Waals surface area contributed by atoms with Gasteiger partial charge in [-0.05, 0) is 151 Å². The Morgan fingerprint density at radius 2 is 1.35 bits per heavy atom. The van der Waals surface area contributed by atoms with Crippen LogP contribution in [0.1, 0.15) is 201 Å². The first kappa shape index (κ1) is 72.8. The second-order valence-corrected chi connectivity index (χ2v) is 51.8. The predicted molar refractivity (Wildman–Crippen MR) is 375 cm³/mol. The first-order valence-corrected chi connectivity index (χ1v) is 45.4. The average Bonchev–Trinajstić information content (AvgIpc) is 1.64. The summed E-state index contributed by atoms with van der Waals surface area (Å²) in [5.74, 6) is 0.334. The number of rotatable bonds is 25. The molecule has 6 aliphatic rings. The molecule has 5 saturated heterocycles. The first-order valence-electron chi connectivity index (χ1n) is 35.1. The Hall–Kier alpha value is -2.05. The van der Waals surface area contributed by atoms with Gasteiger partial charge in [0.2, 0.25) is 0 Å². The van der Waals surface area contributed by atoms with Crippen molar-refractivity contribution in [3.05, 3.63) is 85.0 Å². The number of ether oxygens (including phenoxy) is 5. The van der Waals surface area contributed by atoms with Crippen LogP contribution in [0.15, 0.2) is 85.0 Å². The van der Waals surface area contributed by atoms with E-state index in [9.17, 15) is 5.11 Å². The van der Waals surface area contributed by atoms with Crippen LogP contribution in [0.25, 0.3) is 0 Å². The van der Waals surface area contributed by atoms with Gasteiger partial charge in [-0.25, -0.2) is 0 Å². The van der Waals surface area contributed by atoms with E-state index in [-0.39, 0.29) is 57.1 Å². The molecule has 1 unspecified atom stereocenters. The van der Waals surface area contributed by atoms with Gasteiger partial charge in [-0.2, -0.15) is 0 Å². The number of aliphatic hydroxyl groups is 1. The van der Waals surface area contributed by atoms with E-state index in [0.717, 1.165) is 69.5 Å². The van der Waals surface area contributed by atoms with Crippen LogP contribution in [0, 0.1) is 41.4 Å². The second kappa shape index (κ2) is 27.6. The van der Waals surface area contributed by atoms with Crippen molar-refractivity contribution in [3.8, 4) is 12.3 Å². The lowest BCUT2D eigenvalue weighted by Gasteiger charge is -2.55. The zero-order valence-corrected chi connectivity index (χ0v) is 63.5. The minimum absolute atomic E-state index is 0.0470. The Kier molecular flexibility index (Phi) is 22.6. The maximum absolute atomic E-state index is 13.4. The molecule has 14 heteroatoms. The lowest BCUT2D eigenvalue weighted by Crippen LogP contribution is -2.66. The van der Waals surface area contributed by atoms with Crippen molar-refractivity contribution in [2.45, 2.75) is 320 Å². The van der Waals surface area contributed by atoms with E-state index in [2.05, 4.69) is 216 Å². The molecule has 1 aliphatic carbocycles. The van der Waals surface area contributed by atoms with E-state index in [1.54, 1.807) is 0 Å². The quantitative estimate of drug-likeness (QED) is 0.0587. The Labute approximate surface area is 546 Å². The van der Waals surface area contributed by atoms with Gasteiger partial charge in [0.15, 0.2) is 42.3 Å². The summed E-state index contributed by atoms with van der Waals surface area (Å²) < 4.78 is 68.4. The topological polar surface area (TPSA) is 103 Å². The molecule has 2 spiro atoms. The Morgan fingerprint density at radius 1 is 0.742 bits per heavy atom. The summed E-state index contributed by atoms with van der Waals surface area (Å²) in [5, 5.41) is 15.7. The molecule has 0 amide bonds. The van der Waals surface area contributed by atoms with Gasteiger partial charge in [0, 0.05) is 56.5 Å². The van der Waals surface area contributed by atoms with Crippen LogP contribution >= 0.6 is 0 Å². The number of benzene rings is 2. The Morgan fingerprint density at radius 3 is 1.91 bits per heavy atom. The van der Waals surface area contributed by atoms with Gasteiger partial charge in [0.25, 0.3) is 8.32 Å². The van der Waals surface area contributed by atoms with Crippen LogP contribution < -0.4 is 10.4 Å². The molecule has 5 aliphatic heterocycles. The van der Waals surface area contributed by atoms with Crippen molar-refractivity contribution < 1.29 is 46.5 Å². The molecule has 2 bridgehead atoms. The summed E-state index contributed by atoms with van der Waals surface area (Å²) in [4.78, 5) is 0. The molecule has 5 fully saturated rings. The van der Waals surface area contributed by atoms with Gasteiger partial charge < -0.3 is 46.5 Å². The highest BCUT2D eigenvalue weighted by Crippen LogP contribution is 2.61. The number of fused-ring (bicyclic) bond motifs is 2. The molecule has 2 aromatic carbocycles. The third-order valence-corrected chi connectivity index (χ3v) is 43.0. The van der Waals surface area contributed by atoms with Crippen LogP contribution in [0.3, 0.4) is 0 Å². The average molecular weight is 1300 g/mol. The fourth-order valence-corrected chi connectivity index (χ4v) is 26.5. The van der Waals surface area contributed by atoms with Gasteiger partial charge in [-0.15, -0.1) is 18.9 Å². The molecule has 500 valence electrons. The molecule has 0 saturated carbocycles. The molecule has 89 heavy (non-hydrogen) atoms. The third kappa shape index (κ3) is 14.7. The Bertz CT molecular complexity index is 2680. The SMILES string of the molecule is C#CC[C@@H]1CC[C@@](C)(O[Si](CC)(CC)CC)[C@]2(CC[C@@]3(CCC[C@H](C[C@@]45C[C@@H](C)[C@@H](O[Si](C)(C)C(C)(C)C)[C@@H](O4)[C@H]([C@H]4C=C(CO[Si](c6ccccc6)(c6ccccc6)C(C)(C)C)CC[C@]4(C[C@H](C)[C@@H](C)CO[Si](C)(C)C(C)(C)C)C(O)CC=C)O5)O3)O2)O1. The summed E-state index contributed by atoms with van der Waals surface area (Å²) in [6.07, 6.45) is 18.4. The van der Waals surface area contributed by atoms with Crippen molar-refractivity contribution in [3.63, 3.8) is 0 Å². The predicted octanol–water partition coefficient (Wildman–Crippen LogP) is 17.6. The van der Waals surface area contributed by atoms with Gasteiger partial charge in [0.05, 0.1) is 37.1 Å². The van der Waals surface area contributed by atoms with Crippen LogP contribution in [0.2, 0.25) is 59.4 Å². The van der Waals surface area contributed by atoms with E-state index < -0.39 is 80.0 Å². The van der Waals surface area contributed by atoms with E-state index in [1.165, 1.54) is 15.9 Å². The van der Waals surface area contributed by atoms with Crippen molar-refractivity contribution in [2.24, 2.45) is 29.1 Å². The smallest absolute Gasteiger partial charge is 0.261 e. The zero-order chi connectivity index (χ0) is 65.5. The molecular weight excluding hydrogens is 1170 g/mol. The number of hydrogen-bond donors (Lipinski definition) is 1. The standard InChI is InChI=1S/C75H124O10Si4/c1-23-35-59-43-45-71(18,85-88(25-3,26-4)27-5)75(80-59)48-47-73(84-75)44-34-37-60(79-73)52-74-51-56(7)65(83-87(21,22)69(12,13)14)67(82-74)66(81-74)63-49-58(54-78-89(70(15,16)17,61-38-30-28-31-39-61)62-40-32-29-33-41-62)42-46-72(63,64(76)36-24-2)50-55(6)57(8)53-77-86(19,20)68(9,10)11/h1,24,28-33,38-41,49,55-57,59-60,63-67,76H,2,25-27,34-37,42-48,50-54H2,3-22H3/t55-,56+,57-,59+,60+,63+,64?,65+,66-,67+,71+,72+,73+,74+,75+/m0/s1. The van der Waals surface area contributed by atoms with Crippen LogP contribution in [0.5, 0.6) is 0 Å². The van der Waals surface area contributed by atoms with Gasteiger partial charge in [0.1, 0.15) is 11.7 Å². The van der Waals surface area contributed by atoms with E-state index in [1.807, 2.05) is 6.08 Å². The summed E-state index contributed by atoms with van der Waals surface area (Å²) in [7, 11) is -9.51. The molecule has 1 N–H and O–H groups in total. The van der Waals surface area contributed by atoms with E-state index >= 15 is 0 Å². The molecule has 0 aromatic heterocycles. The highest BCUT2D eigenvalue weighted by Gasteiger charge is 2.68. The highest BCUT2D eigenvalue weighted by molar-refractivity contribution is 6.99. The fraction of sp³-hybridized carbons (Fsp3) is 0.760. The Balaban J connectivity index is 1.22. The molecule has 8 rings (SSSR count). The van der Waals surface area contributed by atoms with Crippen LogP contribution in [-0.2, 0) is 41.4 Å². The lowest BCUT2D eigenvalue weighted by molar-refractivity contribution is -0.400. The number of terminal acetylenes is 1. The van der Waals surface area contributed by atoms with Crippen molar-refractivity contribution in [1.29, 1.82) is 0 Å². The van der Waals surface area contributed by atoms with Crippen molar-refractivity contribution in [1.82, 2.24) is 0 Å². The summed E-state index contributed by atoms with van der Waals surface area (Å²) in [6.45, 7) is 52.2. The highest BCUT2D eigenvalue weighted by atomic mass is 28.4. The number of hydrogen-bond acceptors (Lipinski definition) is 10. The molecule has 2 aromatic rings. The van der Waals surface area contributed by atoms with Crippen LogP contribution in [0.4, 0.5) is 0 Å². The van der Waals surface area contributed by atoms with Crippen molar-refractivity contribution in [2.75, 3.05) is 13.2 Å². The van der Waals surface area contributed by atoms with Gasteiger partial charge >= 0.3 is 0 Å². The lowest BCUT2D eigenvalue weighted by atomic mass is 9.57. The number of aliphatic hydroxyl groups excluding tert-OH is 1. The maximum Gasteiger partial charge on any atom is 0.261 e. The minimum atomic E-state index is -2.95. The second-order valence-electron chi connectivity index (χ2n) is 33.3. The minimum Gasteiger partial charge on any atom is -0.417 e. The zero-order valence-electron chi connectivity index (χ0n) is 59.5. The van der Waals surface area contributed by atoms with E-state index in [4.69, 9.17) is 47.8 Å². The molecular formula is C75H124O10Si4. The maximum atomic E-state index is 13.4. The molecule has 5 heterocycles. The van der Waals surface area contributed by atoms with Crippen LogP contribution in [-0.4, -0.2) is 111 Å². The van der Waals surface area contributed by atoms with Gasteiger partial charge in [-0.1, -0.05) is 177 Å². The molecule has 10 nitrogen and oxygen atoms in total. The first-order chi connectivity index (χ1) is 41.5. The summed E-state index contributed by atoms with van der Waals surface area (Å²) in [5.41, 5.74) is -0.0329. The van der Waals surface area contributed by atoms with Gasteiger partial charge in [-0.3, -0.25) is 0 Å². The summed E-state index contributed by atoms with van der Waals surface area (Å²) >= 11 is 0. The van der Waals surface area contributed by atoms with E-state index in [0.29, 0.717) is 51.7 Å². The monoisotopic (exact) mass is 1300 g/mol. The molecule has 0 radical (unpaired) electrons. The summed E-state index contributed by atoms with van der Waals surface area (Å²) in [6, 6.07) is 25.1. The fourth-order valence-electron chi connectivity index (χ4n) is 16.3. The third-order valence-electron chi connectivity index (χ3n) is 24.3. The normalized spacial score (nSPS) is 33.4.